The Morgan fingerprint density at radius 3 is 2.19 bits per heavy atom. The maximum Gasteiger partial charge on any atom is 0.223 e. The minimum atomic E-state index is -0.00562. The van der Waals surface area contributed by atoms with Gasteiger partial charge in [-0.25, -0.2) is 0 Å². The Hall–Kier alpha value is -2.49. The molecule has 0 radical (unpaired) electrons. The largest absolute Gasteiger partial charge is 0.491 e. The molecule has 144 valence electrons. The Morgan fingerprint density at radius 1 is 1.04 bits per heavy atom. The number of carbonyl (C=O) groups excluding carboxylic acids is 1. The SMILES string of the molecule is Cc1ccc(OCC(C)NC(=O)C2CCN(c3ccc(C)cc3)CC2)cc1. The monoisotopic (exact) mass is 366 g/mol. The topological polar surface area (TPSA) is 41.6 Å². The van der Waals surface area contributed by atoms with Crippen LogP contribution >= 0.6 is 0 Å². The van der Waals surface area contributed by atoms with Crippen molar-refractivity contribution in [3.63, 3.8) is 0 Å². The predicted molar refractivity (Wildman–Crippen MR) is 110 cm³/mol. The van der Waals surface area contributed by atoms with Crippen molar-refractivity contribution in [2.75, 3.05) is 24.6 Å². The molecule has 0 aliphatic carbocycles. The molecule has 1 aliphatic heterocycles. The second-order valence-corrected chi connectivity index (χ2v) is 7.63. The summed E-state index contributed by atoms with van der Waals surface area (Å²) in [7, 11) is 0. The standard InChI is InChI=1S/C23H30N2O2/c1-17-4-8-21(9-5-17)25-14-12-20(13-15-25)23(26)24-19(3)16-27-22-10-6-18(2)7-11-22/h4-11,19-20H,12-16H2,1-3H3,(H,24,26). The van der Waals surface area contributed by atoms with Crippen LogP contribution in [0.25, 0.3) is 0 Å². The number of hydrogen-bond donors (Lipinski definition) is 1. The molecular weight excluding hydrogens is 336 g/mol. The molecule has 1 N–H and O–H groups in total. The van der Waals surface area contributed by atoms with E-state index in [0.29, 0.717) is 6.61 Å². The van der Waals surface area contributed by atoms with E-state index in [1.54, 1.807) is 0 Å². The molecule has 1 amide bonds. The first-order valence-electron chi connectivity index (χ1n) is 9.83. The van der Waals surface area contributed by atoms with Crippen LogP contribution in [0.1, 0.15) is 30.9 Å². The molecule has 1 heterocycles. The van der Waals surface area contributed by atoms with Gasteiger partial charge in [0.15, 0.2) is 0 Å². The normalized spacial score (nSPS) is 16.0. The van der Waals surface area contributed by atoms with Gasteiger partial charge in [-0.1, -0.05) is 35.4 Å². The molecule has 4 heteroatoms. The minimum Gasteiger partial charge on any atom is -0.491 e. The van der Waals surface area contributed by atoms with Crippen molar-refractivity contribution in [3.8, 4) is 5.75 Å². The Bertz CT molecular complexity index is 732. The van der Waals surface area contributed by atoms with E-state index in [2.05, 4.69) is 48.3 Å². The molecule has 1 fully saturated rings. The quantitative estimate of drug-likeness (QED) is 0.837. The lowest BCUT2D eigenvalue weighted by Gasteiger charge is -2.33. The van der Waals surface area contributed by atoms with Crippen LogP contribution in [0.4, 0.5) is 5.69 Å². The molecule has 0 bridgehead atoms. The molecule has 2 aromatic carbocycles. The molecule has 1 unspecified atom stereocenters. The summed E-state index contributed by atoms with van der Waals surface area (Å²) in [4.78, 5) is 14.9. The van der Waals surface area contributed by atoms with Gasteiger partial charge >= 0.3 is 0 Å². The van der Waals surface area contributed by atoms with Crippen molar-refractivity contribution in [1.29, 1.82) is 0 Å². The Kier molecular flexibility index (Phi) is 6.38. The van der Waals surface area contributed by atoms with E-state index >= 15 is 0 Å². The summed E-state index contributed by atoms with van der Waals surface area (Å²) in [6, 6.07) is 16.6. The van der Waals surface area contributed by atoms with E-state index in [1.165, 1.54) is 16.8 Å². The maximum absolute atomic E-state index is 12.6. The first-order chi connectivity index (χ1) is 13.0. The van der Waals surface area contributed by atoms with Crippen molar-refractivity contribution in [2.24, 2.45) is 5.92 Å². The van der Waals surface area contributed by atoms with Crippen LogP contribution in [0.5, 0.6) is 5.75 Å². The van der Waals surface area contributed by atoms with Crippen LogP contribution in [0.15, 0.2) is 48.5 Å². The molecule has 2 aromatic rings. The van der Waals surface area contributed by atoms with Gasteiger partial charge in [-0.15, -0.1) is 0 Å². The van der Waals surface area contributed by atoms with E-state index in [0.717, 1.165) is 31.7 Å². The highest BCUT2D eigenvalue weighted by Crippen LogP contribution is 2.24. The lowest BCUT2D eigenvalue weighted by atomic mass is 9.95. The van der Waals surface area contributed by atoms with Gasteiger partial charge in [-0.2, -0.15) is 0 Å². The third kappa shape index (κ3) is 5.49. The van der Waals surface area contributed by atoms with Crippen LogP contribution < -0.4 is 15.0 Å². The summed E-state index contributed by atoms with van der Waals surface area (Å²) in [5, 5.41) is 3.11. The maximum atomic E-state index is 12.6. The molecule has 0 saturated carbocycles. The van der Waals surface area contributed by atoms with Crippen molar-refractivity contribution in [2.45, 2.75) is 39.7 Å². The first-order valence-corrected chi connectivity index (χ1v) is 9.83. The molecule has 1 atom stereocenters. The number of carbonyl (C=O) groups is 1. The van der Waals surface area contributed by atoms with Crippen molar-refractivity contribution in [1.82, 2.24) is 5.32 Å². The number of nitrogens with one attached hydrogen (secondary N) is 1. The summed E-state index contributed by atoms with van der Waals surface area (Å²) in [6.45, 7) is 8.48. The molecule has 4 nitrogen and oxygen atoms in total. The van der Waals surface area contributed by atoms with E-state index in [1.807, 2.05) is 31.2 Å². The number of nitrogens with zero attached hydrogens (tertiary/aromatic N) is 1. The van der Waals surface area contributed by atoms with Crippen LogP contribution in [0.3, 0.4) is 0 Å². The van der Waals surface area contributed by atoms with Crippen LogP contribution in [-0.4, -0.2) is 31.6 Å². The molecule has 3 rings (SSSR count). The van der Waals surface area contributed by atoms with Gasteiger partial charge in [0.2, 0.25) is 5.91 Å². The average Bonchev–Trinajstić information content (AvgIpc) is 2.68. The summed E-state index contributed by atoms with van der Waals surface area (Å²) in [5.41, 5.74) is 3.73. The first kappa shape index (κ1) is 19.3. The van der Waals surface area contributed by atoms with E-state index in [9.17, 15) is 4.79 Å². The van der Waals surface area contributed by atoms with E-state index in [-0.39, 0.29) is 17.9 Å². The third-order valence-corrected chi connectivity index (χ3v) is 5.17. The van der Waals surface area contributed by atoms with Crippen molar-refractivity contribution >= 4 is 11.6 Å². The van der Waals surface area contributed by atoms with Crippen LogP contribution in [0, 0.1) is 19.8 Å². The number of ether oxygens (including phenoxy) is 1. The van der Waals surface area contributed by atoms with E-state index in [4.69, 9.17) is 4.74 Å². The molecule has 0 aromatic heterocycles. The lowest BCUT2D eigenvalue weighted by molar-refractivity contribution is -0.126. The number of aryl methyl sites for hydroxylation is 2. The summed E-state index contributed by atoms with van der Waals surface area (Å²) in [6.07, 6.45) is 1.79. The van der Waals surface area contributed by atoms with Crippen LogP contribution in [0.2, 0.25) is 0 Å². The number of benzene rings is 2. The highest BCUT2D eigenvalue weighted by molar-refractivity contribution is 5.79. The van der Waals surface area contributed by atoms with Gasteiger partial charge in [0, 0.05) is 24.7 Å². The second-order valence-electron chi connectivity index (χ2n) is 7.63. The molecule has 1 saturated heterocycles. The smallest absolute Gasteiger partial charge is 0.223 e. The average molecular weight is 367 g/mol. The van der Waals surface area contributed by atoms with Crippen molar-refractivity contribution < 1.29 is 9.53 Å². The molecular formula is C23H30N2O2. The molecule has 0 spiro atoms. The summed E-state index contributed by atoms with van der Waals surface area (Å²) < 4.78 is 5.77. The summed E-state index contributed by atoms with van der Waals surface area (Å²) in [5.74, 6) is 1.08. The number of hydrogen-bond acceptors (Lipinski definition) is 3. The Balaban J connectivity index is 1.42. The number of amides is 1. The van der Waals surface area contributed by atoms with Gasteiger partial charge in [-0.05, 0) is 57.9 Å². The number of piperidine rings is 1. The fraction of sp³-hybridized carbons (Fsp3) is 0.435. The zero-order chi connectivity index (χ0) is 19.2. The lowest BCUT2D eigenvalue weighted by Crippen LogP contribution is -2.44. The highest BCUT2D eigenvalue weighted by Gasteiger charge is 2.26. The Labute approximate surface area is 162 Å². The second kappa shape index (κ2) is 8.94. The minimum absolute atomic E-state index is 0.00562. The predicted octanol–water partition coefficient (Wildman–Crippen LogP) is 4.10. The Morgan fingerprint density at radius 2 is 1.59 bits per heavy atom. The van der Waals surface area contributed by atoms with Gasteiger partial charge in [0.1, 0.15) is 12.4 Å². The van der Waals surface area contributed by atoms with Gasteiger partial charge < -0.3 is 15.0 Å². The fourth-order valence-corrected chi connectivity index (χ4v) is 3.41. The summed E-state index contributed by atoms with van der Waals surface area (Å²) >= 11 is 0. The molecule has 27 heavy (non-hydrogen) atoms. The van der Waals surface area contributed by atoms with Gasteiger partial charge in [0.05, 0.1) is 6.04 Å². The third-order valence-electron chi connectivity index (χ3n) is 5.17. The number of rotatable bonds is 6. The van der Waals surface area contributed by atoms with Crippen molar-refractivity contribution in [3.05, 3.63) is 59.7 Å². The van der Waals surface area contributed by atoms with Gasteiger partial charge in [0.25, 0.3) is 0 Å². The molecule has 1 aliphatic rings. The number of anilines is 1. The van der Waals surface area contributed by atoms with Gasteiger partial charge in [-0.3, -0.25) is 4.79 Å². The highest BCUT2D eigenvalue weighted by atomic mass is 16.5. The zero-order valence-electron chi connectivity index (χ0n) is 16.6. The van der Waals surface area contributed by atoms with Crippen LogP contribution in [-0.2, 0) is 4.79 Å². The van der Waals surface area contributed by atoms with E-state index < -0.39 is 0 Å². The zero-order valence-corrected chi connectivity index (χ0v) is 16.6. The fourth-order valence-electron chi connectivity index (χ4n) is 3.41.